The van der Waals surface area contributed by atoms with E-state index in [1.54, 1.807) is 6.07 Å². The minimum absolute atomic E-state index is 0.328. The van der Waals surface area contributed by atoms with Gasteiger partial charge in [-0.2, -0.15) is 0 Å². The fourth-order valence-electron chi connectivity index (χ4n) is 2.75. The van der Waals surface area contributed by atoms with Crippen LogP contribution in [0.5, 0.6) is 5.75 Å². The van der Waals surface area contributed by atoms with Crippen LogP contribution in [-0.2, 0) is 6.54 Å². The molecule has 0 radical (unpaired) electrons. The van der Waals surface area contributed by atoms with Gasteiger partial charge in [0.15, 0.2) is 5.11 Å². The predicted molar refractivity (Wildman–Crippen MR) is 97.6 cm³/mol. The molecule has 2 N–H and O–H groups in total. The molecule has 23 heavy (non-hydrogen) atoms. The van der Waals surface area contributed by atoms with E-state index in [0.29, 0.717) is 5.75 Å². The Morgan fingerprint density at radius 3 is 2.43 bits per heavy atom. The van der Waals surface area contributed by atoms with Gasteiger partial charge in [0.05, 0.1) is 0 Å². The minimum atomic E-state index is 0.328. The number of phenols is 1. The Morgan fingerprint density at radius 1 is 1.00 bits per heavy atom. The maximum absolute atomic E-state index is 9.55. The Kier molecular flexibility index (Phi) is 5.10. The second kappa shape index (κ2) is 7.44. The van der Waals surface area contributed by atoms with Crippen LogP contribution in [0.1, 0.15) is 5.56 Å². The summed E-state index contributed by atoms with van der Waals surface area (Å²) in [5, 5.41) is 13.6. The fraction of sp³-hybridized carbons (Fsp3) is 0.278. The van der Waals surface area contributed by atoms with Crippen molar-refractivity contribution < 1.29 is 5.11 Å². The molecule has 1 aliphatic heterocycles. The summed E-state index contributed by atoms with van der Waals surface area (Å²) in [6.07, 6.45) is 0. The van der Waals surface area contributed by atoms with Crippen molar-refractivity contribution in [2.75, 3.05) is 31.5 Å². The van der Waals surface area contributed by atoms with Crippen LogP contribution in [0.3, 0.4) is 0 Å². The summed E-state index contributed by atoms with van der Waals surface area (Å²) >= 11 is 5.50. The molecule has 5 heteroatoms. The highest BCUT2D eigenvalue weighted by Crippen LogP contribution is 2.15. The lowest BCUT2D eigenvalue weighted by molar-refractivity contribution is 0.177. The molecular formula is C18H21N3OS. The first-order valence-electron chi connectivity index (χ1n) is 7.82. The topological polar surface area (TPSA) is 38.7 Å². The van der Waals surface area contributed by atoms with Gasteiger partial charge >= 0.3 is 0 Å². The lowest BCUT2D eigenvalue weighted by Crippen LogP contribution is -2.49. The van der Waals surface area contributed by atoms with Gasteiger partial charge in [-0.15, -0.1) is 0 Å². The summed E-state index contributed by atoms with van der Waals surface area (Å²) in [6, 6.07) is 17.5. The third kappa shape index (κ3) is 4.43. The monoisotopic (exact) mass is 327 g/mol. The summed E-state index contributed by atoms with van der Waals surface area (Å²) in [5.74, 6) is 0.328. The number of thiocarbonyl (C=S) groups is 1. The quantitative estimate of drug-likeness (QED) is 0.848. The molecule has 120 valence electrons. The van der Waals surface area contributed by atoms with Crippen LogP contribution in [0.15, 0.2) is 54.6 Å². The van der Waals surface area contributed by atoms with Gasteiger partial charge < -0.3 is 15.3 Å². The number of hydrogen-bond donors (Lipinski definition) is 2. The molecule has 4 nitrogen and oxygen atoms in total. The highest BCUT2D eigenvalue weighted by molar-refractivity contribution is 7.80. The third-order valence-electron chi connectivity index (χ3n) is 4.00. The molecule has 0 aromatic heterocycles. The Bertz CT molecular complexity index is 654. The van der Waals surface area contributed by atoms with E-state index in [0.717, 1.165) is 49.1 Å². The highest BCUT2D eigenvalue weighted by atomic mass is 32.1. The van der Waals surface area contributed by atoms with Crippen LogP contribution in [0.2, 0.25) is 0 Å². The molecule has 2 aromatic rings. The van der Waals surface area contributed by atoms with E-state index in [-0.39, 0.29) is 0 Å². The number of benzene rings is 2. The summed E-state index contributed by atoms with van der Waals surface area (Å²) in [4.78, 5) is 4.59. The third-order valence-corrected chi connectivity index (χ3v) is 4.36. The molecule has 0 saturated carbocycles. The number of anilines is 1. The number of nitrogens with zero attached hydrogens (tertiary/aromatic N) is 2. The fourth-order valence-corrected chi connectivity index (χ4v) is 3.05. The van der Waals surface area contributed by atoms with Crippen LogP contribution >= 0.6 is 12.2 Å². The van der Waals surface area contributed by atoms with Crippen molar-refractivity contribution >= 4 is 23.0 Å². The maximum Gasteiger partial charge on any atom is 0.173 e. The molecule has 0 bridgehead atoms. The van der Waals surface area contributed by atoms with Gasteiger partial charge in [-0.3, -0.25) is 4.90 Å². The molecule has 0 aliphatic carbocycles. The van der Waals surface area contributed by atoms with Crippen molar-refractivity contribution in [2.24, 2.45) is 0 Å². The zero-order chi connectivity index (χ0) is 16.1. The molecule has 0 unspecified atom stereocenters. The Hall–Kier alpha value is -2.11. The van der Waals surface area contributed by atoms with Gasteiger partial charge in [0.1, 0.15) is 5.75 Å². The number of para-hydroxylation sites is 1. The van der Waals surface area contributed by atoms with Crippen molar-refractivity contribution in [1.29, 1.82) is 0 Å². The Balaban J connectivity index is 1.49. The number of hydrogen-bond acceptors (Lipinski definition) is 3. The van der Waals surface area contributed by atoms with Crippen LogP contribution in [0.4, 0.5) is 5.69 Å². The highest BCUT2D eigenvalue weighted by Gasteiger charge is 2.19. The lowest BCUT2D eigenvalue weighted by Gasteiger charge is -2.36. The zero-order valence-corrected chi connectivity index (χ0v) is 13.8. The Morgan fingerprint density at radius 2 is 1.74 bits per heavy atom. The summed E-state index contributed by atoms with van der Waals surface area (Å²) < 4.78 is 0. The molecular weight excluding hydrogens is 306 g/mol. The standard InChI is InChI=1S/C18H21N3OS/c22-17-8-4-5-15(13-17)14-20-9-11-21(12-10-20)18(23)19-16-6-2-1-3-7-16/h1-8,13,22H,9-12,14H2,(H,19,23). The second-order valence-electron chi connectivity index (χ2n) is 5.73. The van der Waals surface area contributed by atoms with Crippen molar-refractivity contribution in [3.63, 3.8) is 0 Å². The van der Waals surface area contributed by atoms with E-state index in [1.807, 2.05) is 48.5 Å². The summed E-state index contributed by atoms with van der Waals surface area (Å²) in [7, 11) is 0. The molecule has 3 rings (SSSR count). The number of phenolic OH excluding ortho intramolecular Hbond substituents is 1. The van der Waals surface area contributed by atoms with Crippen LogP contribution in [-0.4, -0.2) is 46.2 Å². The SMILES string of the molecule is Oc1cccc(CN2CCN(C(=S)Nc3ccccc3)CC2)c1. The molecule has 1 heterocycles. The van der Waals surface area contributed by atoms with Crippen LogP contribution in [0.25, 0.3) is 0 Å². The van der Waals surface area contributed by atoms with E-state index >= 15 is 0 Å². The predicted octanol–water partition coefficient (Wildman–Crippen LogP) is 2.91. The average molecular weight is 327 g/mol. The first-order valence-corrected chi connectivity index (χ1v) is 8.23. The zero-order valence-electron chi connectivity index (χ0n) is 13.0. The van der Waals surface area contributed by atoms with Crippen LogP contribution in [0, 0.1) is 0 Å². The smallest absolute Gasteiger partial charge is 0.173 e. The molecule has 0 amide bonds. The van der Waals surface area contributed by atoms with Crippen LogP contribution < -0.4 is 5.32 Å². The molecule has 1 aliphatic rings. The normalized spacial score (nSPS) is 15.4. The van der Waals surface area contributed by atoms with Gasteiger partial charge in [-0.05, 0) is 42.0 Å². The largest absolute Gasteiger partial charge is 0.508 e. The molecule has 2 aromatic carbocycles. The average Bonchev–Trinajstić information content (AvgIpc) is 2.56. The first-order chi connectivity index (χ1) is 11.2. The van der Waals surface area contributed by atoms with E-state index in [9.17, 15) is 5.11 Å². The summed E-state index contributed by atoms with van der Waals surface area (Å²) in [6.45, 7) is 4.62. The molecule has 0 atom stereocenters. The molecule has 1 fully saturated rings. The van der Waals surface area contributed by atoms with Crippen molar-refractivity contribution in [1.82, 2.24) is 9.80 Å². The van der Waals surface area contributed by atoms with Gasteiger partial charge in [0.2, 0.25) is 0 Å². The number of nitrogens with one attached hydrogen (secondary N) is 1. The van der Waals surface area contributed by atoms with E-state index in [2.05, 4.69) is 15.1 Å². The first kappa shape index (κ1) is 15.8. The number of piperazine rings is 1. The van der Waals surface area contributed by atoms with Gasteiger partial charge in [0, 0.05) is 38.4 Å². The summed E-state index contributed by atoms with van der Waals surface area (Å²) in [5.41, 5.74) is 2.17. The van der Waals surface area contributed by atoms with Gasteiger partial charge in [-0.25, -0.2) is 0 Å². The molecule has 1 saturated heterocycles. The maximum atomic E-state index is 9.55. The van der Waals surface area contributed by atoms with Gasteiger partial charge in [-0.1, -0.05) is 30.3 Å². The molecule has 0 spiro atoms. The number of rotatable bonds is 3. The van der Waals surface area contributed by atoms with Crippen molar-refractivity contribution in [3.05, 3.63) is 60.2 Å². The van der Waals surface area contributed by atoms with Crippen molar-refractivity contribution in [3.8, 4) is 5.75 Å². The van der Waals surface area contributed by atoms with E-state index in [1.165, 1.54) is 0 Å². The van der Waals surface area contributed by atoms with Gasteiger partial charge in [0.25, 0.3) is 0 Å². The second-order valence-corrected chi connectivity index (χ2v) is 6.12. The van der Waals surface area contributed by atoms with E-state index < -0.39 is 0 Å². The Labute approximate surface area is 142 Å². The lowest BCUT2D eigenvalue weighted by atomic mass is 10.2. The number of aromatic hydroxyl groups is 1. The van der Waals surface area contributed by atoms with E-state index in [4.69, 9.17) is 12.2 Å². The van der Waals surface area contributed by atoms with Crippen molar-refractivity contribution in [2.45, 2.75) is 6.54 Å². The minimum Gasteiger partial charge on any atom is -0.508 e.